The Balaban J connectivity index is 1.71. The van der Waals surface area contributed by atoms with Crippen molar-refractivity contribution in [2.45, 2.75) is 38.6 Å². The van der Waals surface area contributed by atoms with E-state index in [1.807, 2.05) is 7.11 Å². The summed E-state index contributed by atoms with van der Waals surface area (Å²) < 4.78 is 5.67. The molecule has 0 bridgehead atoms. The number of allylic oxidation sites excluding steroid dienone is 1. The Hall–Kier alpha value is -1.74. The zero-order valence-corrected chi connectivity index (χ0v) is 14.3. The van der Waals surface area contributed by atoms with Crippen molar-refractivity contribution in [3.63, 3.8) is 0 Å². The van der Waals surface area contributed by atoms with Gasteiger partial charge in [-0.1, -0.05) is 49.4 Å². The van der Waals surface area contributed by atoms with Gasteiger partial charge in [0.2, 0.25) is 0 Å². The van der Waals surface area contributed by atoms with Crippen molar-refractivity contribution in [2.24, 2.45) is 11.3 Å². The molecular formula is C20H26N2O. The van der Waals surface area contributed by atoms with Crippen LogP contribution >= 0.6 is 0 Å². The molecule has 1 fully saturated rings. The Morgan fingerprint density at radius 2 is 2.04 bits per heavy atom. The van der Waals surface area contributed by atoms with Crippen molar-refractivity contribution >= 4 is 0 Å². The second kappa shape index (κ2) is 5.41. The molecule has 1 aliphatic carbocycles. The summed E-state index contributed by atoms with van der Waals surface area (Å²) in [4.78, 5) is 5.00. The van der Waals surface area contributed by atoms with Crippen molar-refractivity contribution in [3.05, 3.63) is 59.9 Å². The number of benzene rings is 1. The molecule has 2 heterocycles. The highest BCUT2D eigenvalue weighted by atomic mass is 16.5. The number of fused-ring (bicyclic) bond motifs is 3. The maximum absolute atomic E-state index is 5.67. The first-order valence-corrected chi connectivity index (χ1v) is 8.58. The van der Waals surface area contributed by atoms with Crippen LogP contribution in [0.5, 0.6) is 0 Å². The molecule has 0 spiro atoms. The lowest BCUT2D eigenvalue weighted by Crippen LogP contribution is -2.43. The largest absolute Gasteiger partial charge is 0.381 e. The molecule has 0 N–H and O–H groups in total. The number of likely N-dealkylation sites (tertiary alicyclic amines) is 1. The van der Waals surface area contributed by atoms with E-state index in [1.54, 1.807) is 0 Å². The van der Waals surface area contributed by atoms with Gasteiger partial charge in [-0.15, -0.1) is 0 Å². The van der Waals surface area contributed by atoms with E-state index in [0.717, 1.165) is 19.4 Å². The zero-order chi connectivity index (χ0) is 16.0. The standard InChI is InChI=1S/C20H26N2O/c1-20-11-12-21(2)19(20)22(14-15-7-5-4-6-8-15)18-10-9-16(23-3)13-17(18)20/h4-8,10-12,16-17,19H,9,13-14H2,1-3H3/t16-,17?,19?,20?/m1/s1. The van der Waals surface area contributed by atoms with E-state index in [2.05, 4.69) is 72.5 Å². The third kappa shape index (κ3) is 2.21. The highest BCUT2D eigenvalue weighted by Gasteiger charge is 2.56. The quantitative estimate of drug-likeness (QED) is 0.848. The fourth-order valence-electron chi connectivity index (χ4n) is 4.79. The second-order valence-corrected chi connectivity index (χ2v) is 7.35. The summed E-state index contributed by atoms with van der Waals surface area (Å²) in [7, 11) is 4.05. The Kier molecular flexibility index (Phi) is 3.49. The first-order chi connectivity index (χ1) is 11.1. The molecule has 0 radical (unpaired) electrons. The van der Waals surface area contributed by atoms with Crippen LogP contribution in [0.3, 0.4) is 0 Å². The molecule has 4 atom stereocenters. The molecule has 3 aliphatic rings. The minimum Gasteiger partial charge on any atom is -0.381 e. The van der Waals surface area contributed by atoms with E-state index in [0.29, 0.717) is 18.2 Å². The summed E-state index contributed by atoms with van der Waals surface area (Å²) in [6.07, 6.45) is 10.0. The lowest BCUT2D eigenvalue weighted by Gasteiger charge is -2.36. The Labute approximate surface area is 139 Å². The normalized spacial score (nSPS) is 35.3. The van der Waals surface area contributed by atoms with Crippen molar-refractivity contribution < 1.29 is 4.74 Å². The Morgan fingerprint density at radius 3 is 2.78 bits per heavy atom. The predicted molar refractivity (Wildman–Crippen MR) is 92.4 cm³/mol. The zero-order valence-electron chi connectivity index (χ0n) is 14.3. The molecule has 4 rings (SSSR count). The topological polar surface area (TPSA) is 15.7 Å². The average molecular weight is 310 g/mol. The van der Waals surface area contributed by atoms with E-state index in [-0.39, 0.29) is 5.41 Å². The van der Waals surface area contributed by atoms with Crippen molar-refractivity contribution in [2.75, 3.05) is 14.2 Å². The summed E-state index contributed by atoms with van der Waals surface area (Å²) in [5, 5.41) is 0. The number of nitrogens with zero attached hydrogens (tertiary/aromatic N) is 2. The second-order valence-electron chi connectivity index (χ2n) is 7.35. The van der Waals surface area contributed by atoms with Crippen LogP contribution in [0.4, 0.5) is 0 Å². The summed E-state index contributed by atoms with van der Waals surface area (Å²) in [5.74, 6) is 0.552. The number of methoxy groups -OCH3 is 1. The molecule has 3 heteroatoms. The van der Waals surface area contributed by atoms with Crippen LogP contribution in [-0.4, -0.2) is 36.2 Å². The van der Waals surface area contributed by atoms with Gasteiger partial charge < -0.3 is 14.5 Å². The molecule has 23 heavy (non-hydrogen) atoms. The van der Waals surface area contributed by atoms with E-state index >= 15 is 0 Å². The van der Waals surface area contributed by atoms with Gasteiger partial charge in [0.05, 0.1) is 6.10 Å². The van der Waals surface area contributed by atoms with Crippen LogP contribution in [-0.2, 0) is 11.3 Å². The SMILES string of the molecule is CO[C@@H]1CC=C2C(C1)C1(C)C=CN(C)C1N2Cc1ccccc1. The molecule has 0 amide bonds. The van der Waals surface area contributed by atoms with Crippen LogP contribution in [0.1, 0.15) is 25.3 Å². The van der Waals surface area contributed by atoms with Crippen LogP contribution in [0.25, 0.3) is 0 Å². The summed E-state index contributed by atoms with van der Waals surface area (Å²) in [5.41, 5.74) is 3.07. The van der Waals surface area contributed by atoms with Gasteiger partial charge in [-0.3, -0.25) is 0 Å². The first kappa shape index (κ1) is 14.8. The van der Waals surface area contributed by atoms with E-state index in [4.69, 9.17) is 4.74 Å². The minimum absolute atomic E-state index is 0.173. The van der Waals surface area contributed by atoms with Gasteiger partial charge in [0.1, 0.15) is 6.17 Å². The molecular weight excluding hydrogens is 284 g/mol. The molecule has 3 unspecified atom stereocenters. The fourth-order valence-corrected chi connectivity index (χ4v) is 4.79. The lowest BCUT2D eigenvalue weighted by atomic mass is 9.73. The molecule has 1 aromatic rings. The van der Waals surface area contributed by atoms with Gasteiger partial charge in [-0.25, -0.2) is 0 Å². The van der Waals surface area contributed by atoms with Gasteiger partial charge in [-0.2, -0.15) is 0 Å². The Bertz CT molecular complexity index is 638. The van der Waals surface area contributed by atoms with Gasteiger partial charge in [0.15, 0.2) is 0 Å². The van der Waals surface area contributed by atoms with E-state index in [9.17, 15) is 0 Å². The summed E-state index contributed by atoms with van der Waals surface area (Å²) in [6.45, 7) is 3.40. The van der Waals surface area contributed by atoms with Crippen LogP contribution in [0, 0.1) is 11.3 Å². The molecule has 122 valence electrons. The summed E-state index contributed by atoms with van der Waals surface area (Å²) >= 11 is 0. The fraction of sp³-hybridized carbons (Fsp3) is 0.500. The first-order valence-electron chi connectivity index (χ1n) is 8.58. The van der Waals surface area contributed by atoms with Crippen LogP contribution < -0.4 is 0 Å². The maximum Gasteiger partial charge on any atom is 0.110 e. The van der Waals surface area contributed by atoms with Gasteiger partial charge in [0, 0.05) is 37.7 Å². The average Bonchev–Trinajstić information content (AvgIpc) is 3.01. The number of rotatable bonds is 3. The van der Waals surface area contributed by atoms with Crippen LogP contribution in [0.2, 0.25) is 0 Å². The number of hydrogen-bond donors (Lipinski definition) is 0. The predicted octanol–water partition coefficient (Wildman–Crippen LogP) is 3.60. The molecule has 0 aromatic heterocycles. The number of hydrogen-bond acceptors (Lipinski definition) is 3. The number of ether oxygens (including phenoxy) is 1. The highest BCUT2D eigenvalue weighted by molar-refractivity contribution is 5.32. The molecule has 1 saturated heterocycles. The molecule has 1 aromatic carbocycles. The monoisotopic (exact) mass is 310 g/mol. The highest BCUT2D eigenvalue weighted by Crippen LogP contribution is 2.56. The van der Waals surface area contributed by atoms with Gasteiger partial charge in [-0.05, 0) is 24.6 Å². The molecule has 0 saturated carbocycles. The van der Waals surface area contributed by atoms with E-state index < -0.39 is 0 Å². The molecule has 2 aliphatic heterocycles. The Morgan fingerprint density at radius 1 is 1.26 bits per heavy atom. The van der Waals surface area contributed by atoms with Crippen LogP contribution in [0.15, 0.2) is 54.4 Å². The van der Waals surface area contributed by atoms with Crippen molar-refractivity contribution in [1.82, 2.24) is 9.80 Å². The smallest absolute Gasteiger partial charge is 0.110 e. The van der Waals surface area contributed by atoms with Gasteiger partial charge in [0.25, 0.3) is 0 Å². The van der Waals surface area contributed by atoms with Crippen molar-refractivity contribution in [1.29, 1.82) is 0 Å². The summed E-state index contributed by atoms with van der Waals surface area (Å²) in [6, 6.07) is 10.8. The lowest BCUT2D eigenvalue weighted by molar-refractivity contribution is 0.0609. The van der Waals surface area contributed by atoms with E-state index in [1.165, 1.54) is 11.3 Å². The molecule has 3 nitrogen and oxygen atoms in total. The van der Waals surface area contributed by atoms with Gasteiger partial charge >= 0.3 is 0 Å². The van der Waals surface area contributed by atoms with Crippen molar-refractivity contribution in [3.8, 4) is 0 Å². The third-order valence-corrected chi connectivity index (χ3v) is 5.96. The third-order valence-electron chi connectivity index (χ3n) is 5.96. The maximum atomic E-state index is 5.67. The minimum atomic E-state index is 0.173.